The van der Waals surface area contributed by atoms with Gasteiger partial charge in [0.2, 0.25) is 0 Å². The SMILES string of the molecule is CCN(C)C=Nc1cc(C)c(Oc2cccc(C(O)Cc3ccccc3)c2)cc1C. The Morgan fingerprint density at radius 3 is 2.50 bits per heavy atom. The number of aliphatic hydroxyl groups is 1. The van der Waals surface area contributed by atoms with Gasteiger partial charge in [0.25, 0.3) is 0 Å². The van der Waals surface area contributed by atoms with Crippen LogP contribution < -0.4 is 4.74 Å². The van der Waals surface area contributed by atoms with Gasteiger partial charge in [0, 0.05) is 20.0 Å². The van der Waals surface area contributed by atoms with E-state index in [4.69, 9.17) is 4.74 Å². The van der Waals surface area contributed by atoms with Gasteiger partial charge in [0.15, 0.2) is 0 Å². The number of ether oxygens (including phenoxy) is 1. The maximum absolute atomic E-state index is 10.6. The standard InChI is InChI=1S/C26H30N2O2/c1-5-28(4)18-27-24-14-20(3)26(15-19(24)2)30-23-13-9-12-22(17-23)25(29)16-21-10-7-6-8-11-21/h6-15,17-18,25,29H,5,16H2,1-4H3. The van der Waals surface area contributed by atoms with Crippen LogP contribution in [-0.4, -0.2) is 29.9 Å². The van der Waals surface area contributed by atoms with Gasteiger partial charge < -0.3 is 14.7 Å². The van der Waals surface area contributed by atoms with Crippen molar-refractivity contribution in [1.29, 1.82) is 0 Å². The maximum atomic E-state index is 10.6. The van der Waals surface area contributed by atoms with Crippen LogP contribution in [0.3, 0.4) is 0 Å². The second-order valence-electron chi connectivity index (χ2n) is 7.60. The van der Waals surface area contributed by atoms with Gasteiger partial charge in [0.1, 0.15) is 11.5 Å². The molecule has 3 aromatic rings. The van der Waals surface area contributed by atoms with Gasteiger partial charge >= 0.3 is 0 Å². The minimum Gasteiger partial charge on any atom is -0.457 e. The van der Waals surface area contributed by atoms with Crippen LogP contribution >= 0.6 is 0 Å². The summed E-state index contributed by atoms with van der Waals surface area (Å²) in [6, 6.07) is 21.7. The normalized spacial score (nSPS) is 12.2. The molecule has 0 fully saturated rings. The van der Waals surface area contributed by atoms with Crippen molar-refractivity contribution in [3.63, 3.8) is 0 Å². The van der Waals surface area contributed by atoms with Crippen molar-refractivity contribution in [2.75, 3.05) is 13.6 Å². The van der Waals surface area contributed by atoms with Crippen molar-refractivity contribution in [2.45, 2.75) is 33.3 Å². The van der Waals surface area contributed by atoms with E-state index in [2.05, 4.69) is 11.9 Å². The predicted octanol–water partition coefficient (Wildman–Crippen LogP) is 5.98. The quantitative estimate of drug-likeness (QED) is 0.372. The van der Waals surface area contributed by atoms with E-state index in [-0.39, 0.29) is 0 Å². The predicted molar refractivity (Wildman–Crippen MR) is 124 cm³/mol. The van der Waals surface area contributed by atoms with E-state index < -0.39 is 6.10 Å². The van der Waals surface area contributed by atoms with Gasteiger partial charge in [-0.05, 0) is 67.3 Å². The summed E-state index contributed by atoms with van der Waals surface area (Å²) in [6.07, 6.45) is 1.84. The lowest BCUT2D eigenvalue weighted by Crippen LogP contribution is -2.14. The smallest absolute Gasteiger partial charge is 0.130 e. The number of nitrogens with zero attached hydrogens (tertiary/aromatic N) is 2. The summed E-state index contributed by atoms with van der Waals surface area (Å²) < 4.78 is 6.16. The van der Waals surface area contributed by atoms with Gasteiger partial charge in [-0.15, -0.1) is 0 Å². The second kappa shape index (κ2) is 10.1. The Morgan fingerprint density at radius 1 is 1.00 bits per heavy atom. The Hall–Kier alpha value is -3.11. The van der Waals surface area contributed by atoms with Gasteiger partial charge in [0.05, 0.1) is 18.1 Å². The molecule has 0 amide bonds. The molecule has 0 aromatic heterocycles. The van der Waals surface area contributed by atoms with Crippen molar-refractivity contribution in [1.82, 2.24) is 4.90 Å². The zero-order valence-electron chi connectivity index (χ0n) is 18.2. The summed E-state index contributed by atoms with van der Waals surface area (Å²) in [5.41, 5.74) is 4.95. The first kappa shape index (κ1) is 21.6. The Morgan fingerprint density at radius 2 is 1.77 bits per heavy atom. The highest BCUT2D eigenvalue weighted by Crippen LogP contribution is 2.32. The maximum Gasteiger partial charge on any atom is 0.130 e. The Kier molecular flexibility index (Phi) is 7.26. The van der Waals surface area contributed by atoms with Crippen molar-refractivity contribution in [2.24, 2.45) is 4.99 Å². The van der Waals surface area contributed by atoms with Crippen LogP contribution in [0.15, 0.2) is 71.7 Å². The molecular weight excluding hydrogens is 372 g/mol. The molecule has 0 aliphatic carbocycles. The van der Waals surface area contributed by atoms with Crippen LogP contribution in [0.25, 0.3) is 0 Å². The molecule has 3 aromatic carbocycles. The topological polar surface area (TPSA) is 45.1 Å². The third-order valence-corrected chi connectivity index (χ3v) is 5.13. The number of aryl methyl sites for hydroxylation is 2. The summed E-state index contributed by atoms with van der Waals surface area (Å²) in [4.78, 5) is 6.61. The molecule has 0 saturated heterocycles. The third kappa shape index (κ3) is 5.71. The molecule has 0 saturated carbocycles. The van der Waals surface area contributed by atoms with Crippen molar-refractivity contribution in [3.05, 3.63) is 89.0 Å². The number of hydrogen-bond donors (Lipinski definition) is 1. The van der Waals surface area contributed by atoms with Gasteiger partial charge in [-0.3, -0.25) is 0 Å². The fourth-order valence-electron chi connectivity index (χ4n) is 3.13. The number of rotatable bonds is 8. The number of aliphatic hydroxyl groups excluding tert-OH is 1. The van der Waals surface area contributed by atoms with Gasteiger partial charge in [-0.1, -0.05) is 42.5 Å². The molecule has 0 aliphatic heterocycles. The average Bonchev–Trinajstić information content (AvgIpc) is 2.75. The molecule has 0 aliphatic rings. The van der Waals surface area contributed by atoms with Crippen LogP contribution in [0.2, 0.25) is 0 Å². The zero-order valence-corrected chi connectivity index (χ0v) is 18.2. The third-order valence-electron chi connectivity index (χ3n) is 5.13. The first-order valence-electron chi connectivity index (χ1n) is 10.3. The minimum atomic E-state index is -0.578. The molecular formula is C26H30N2O2. The fourth-order valence-corrected chi connectivity index (χ4v) is 3.13. The fraction of sp³-hybridized carbons (Fsp3) is 0.269. The molecule has 1 unspecified atom stereocenters. The van der Waals surface area contributed by atoms with E-state index in [0.29, 0.717) is 12.2 Å². The Balaban J connectivity index is 1.76. The summed E-state index contributed by atoms with van der Waals surface area (Å²) in [7, 11) is 2.00. The molecule has 0 heterocycles. The zero-order chi connectivity index (χ0) is 21.5. The summed E-state index contributed by atoms with van der Waals surface area (Å²) in [6.45, 7) is 7.05. The molecule has 156 valence electrons. The minimum absolute atomic E-state index is 0.571. The molecule has 4 nitrogen and oxygen atoms in total. The highest BCUT2D eigenvalue weighted by atomic mass is 16.5. The van der Waals surface area contributed by atoms with E-state index in [1.165, 1.54) is 0 Å². The monoisotopic (exact) mass is 402 g/mol. The lowest BCUT2D eigenvalue weighted by Gasteiger charge is -2.15. The van der Waals surface area contributed by atoms with Gasteiger partial charge in [-0.25, -0.2) is 4.99 Å². The average molecular weight is 403 g/mol. The van der Waals surface area contributed by atoms with Crippen LogP contribution in [0.4, 0.5) is 5.69 Å². The Labute approximate surface area is 179 Å². The van der Waals surface area contributed by atoms with Crippen LogP contribution in [0.5, 0.6) is 11.5 Å². The number of hydrogen-bond acceptors (Lipinski definition) is 3. The molecule has 1 atom stereocenters. The summed E-state index contributed by atoms with van der Waals surface area (Å²) in [5, 5.41) is 10.6. The second-order valence-corrected chi connectivity index (χ2v) is 7.60. The molecule has 1 N–H and O–H groups in total. The van der Waals surface area contributed by atoms with Crippen molar-refractivity contribution >= 4 is 12.0 Å². The largest absolute Gasteiger partial charge is 0.457 e. The number of benzene rings is 3. The summed E-state index contributed by atoms with van der Waals surface area (Å²) in [5.74, 6) is 1.51. The molecule has 30 heavy (non-hydrogen) atoms. The molecule has 0 radical (unpaired) electrons. The van der Waals surface area contributed by atoms with E-state index in [0.717, 1.165) is 40.2 Å². The van der Waals surface area contributed by atoms with E-state index >= 15 is 0 Å². The highest BCUT2D eigenvalue weighted by molar-refractivity contribution is 5.64. The van der Waals surface area contributed by atoms with Crippen molar-refractivity contribution in [3.8, 4) is 11.5 Å². The summed E-state index contributed by atoms with van der Waals surface area (Å²) >= 11 is 0. The number of aliphatic imine (C=N–C) groups is 1. The van der Waals surface area contributed by atoms with Crippen LogP contribution in [-0.2, 0) is 6.42 Å². The highest BCUT2D eigenvalue weighted by Gasteiger charge is 2.11. The molecule has 3 rings (SSSR count). The molecule has 0 bridgehead atoms. The van der Waals surface area contributed by atoms with E-state index in [1.54, 1.807) is 0 Å². The van der Waals surface area contributed by atoms with Crippen molar-refractivity contribution < 1.29 is 9.84 Å². The van der Waals surface area contributed by atoms with Crippen LogP contribution in [0.1, 0.15) is 35.3 Å². The van der Waals surface area contributed by atoms with E-state index in [1.807, 2.05) is 98.9 Å². The van der Waals surface area contributed by atoms with Gasteiger partial charge in [-0.2, -0.15) is 0 Å². The molecule has 0 spiro atoms. The lowest BCUT2D eigenvalue weighted by molar-refractivity contribution is 0.178. The lowest BCUT2D eigenvalue weighted by atomic mass is 10.0. The molecule has 4 heteroatoms. The van der Waals surface area contributed by atoms with E-state index in [9.17, 15) is 5.11 Å². The van der Waals surface area contributed by atoms with Crippen LogP contribution in [0, 0.1) is 13.8 Å². The first-order valence-corrected chi connectivity index (χ1v) is 10.3. The Bertz CT molecular complexity index is 999. The first-order chi connectivity index (χ1) is 14.5.